The average molecular weight is 404 g/mol. The van der Waals surface area contributed by atoms with Crippen LogP contribution in [0.15, 0.2) is 23.1 Å². The number of carbonyl (C=O) groups is 1. The topological polar surface area (TPSA) is 92.5 Å². The van der Waals surface area contributed by atoms with E-state index in [9.17, 15) is 13.2 Å². The Hall–Kier alpha value is -1.15. The first-order valence-electron chi connectivity index (χ1n) is 8.63. The Morgan fingerprint density at radius 2 is 1.96 bits per heavy atom. The van der Waals surface area contributed by atoms with Gasteiger partial charge in [0.2, 0.25) is 15.9 Å². The molecule has 8 heteroatoms. The number of hydrogen-bond acceptors (Lipinski definition) is 4. The van der Waals surface area contributed by atoms with Crippen molar-refractivity contribution in [2.45, 2.75) is 51.5 Å². The van der Waals surface area contributed by atoms with E-state index in [1.54, 1.807) is 23.1 Å². The summed E-state index contributed by atoms with van der Waals surface area (Å²) in [6.07, 6.45) is 0.919. The summed E-state index contributed by atoms with van der Waals surface area (Å²) in [7, 11) is -3.60. The lowest BCUT2D eigenvalue weighted by atomic mass is 9.79. The average Bonchev–Trinajstić information content (AvgIpc) is 2.52. The zero-order valence-corrected chi connectivity index (χ0v) is 17.5. The van der Waals surface area contributed by atoms with Crippen molar-refractivity contribution in [3.63, 3.8) is 0 Å². The molecule has 1 amide bonds. The molecule has 1 unspecified atom stereocenters. The molecule has 0 aliphatic carbocycles. The lowest BCUT2D eigenvalue weighted by molar-refractivity contribution is -0.134. The van der Waals surface area contributed by atoms with Crippen LogP contribution in [0.25, 0.3) is 0 Å². The highest BCUT2D eigenvalue weighted by Crippen LogP contribution is 2.27. The van der Waals surface area contributed by atoms with Gasteiger partial charge in [-0.1, -0.05) is 19.9 Å². The Kier molecular flexibility index (Phi) is 7.65. The highest BCUT2D eigenvalue weighted by molar-refractivity contribution is 7.89. The van der Waals surface area contributed by atoms with Gasteiger partial charge in [-0.3, -0.25) is 4.79 Å². The molecule has 6 nitrogen and oxygen atoms in total. The Morgan fingerprint density at radius 1 is 1.31 bits per heavy atom. The monoisotopic (exact) mass is 403 g/mol. The maximum atomic E-state index is 12.4. The van der Waals surface area contributed by atoms with Crippen molar-refractivity contribution >= 4 is 28.3 Å². The molecule has 1 aliphatic rings. The largest absolute Gasteiger partial charge is 0.342 e. The van der Waals surface area contributed by atoms with Gasteiger partial charge in [-0.2, -0.15) is 0 Å². The van der Waals surface area contributed by atoms with Crippen LogP contribution in [-0.4, -0.2) is 44.9 Å². The molecule has 0 spiro atoms. The van der Waals surface area contributed by atoms with Crippen LogP contribution < -0.4 is 10.5 Å². The highest BCUT2D eigenvalue weighted by atomic mass is 35.5. The standard InChI is InChI=1S/C18H29N3O3S.ClH/c1-13-5-6-15(11-14(13)2)25(23,24)20-9-7-17(22)21-10-8-16(19)18(3,4)12-21;/h5-6,11,16,20H,7-10,12,19H2,1-4H3;1H. The molecular weight excluding hydrogens is 374 g/mol. The number of halogens is 1. The predicted molar refractivity (Wildman–Crippen MR) is 106 cm³/mol. The number of nitrogens with one attached hydrogen (secondary N) is 1. The van der Waals surface area contributed by atoms with E-state index in [1.807, 2.05) is 13.8 Å². The Labute approximate surface area is 163 Å². The van der Waals surface area contributed by atoms with Crippen LogP contribution in [0.2, 0.25) is 0 Å². The van der Waals surface area contributed by atoms with Gasteiger partial charge < -0.3 is 10.6 Å². The summed E-state index contributed by atoms with van der Waals surface area (Å²) in [5.74, 6) is -0.0391. The van der Waals surface area contributed by atoms with Gasteiger partial charge in [0.05, 0.1) is 4.90 Å². The number of aryl methyl sites for hydroxylation is 2. The van der Waals surface area contributed by atoms with Crippen molar-refractivity contribution in [3.05, 3.63) is 29.3 Å². The molecule has 2 rings (SSSR count). The maximum Gasteiger partial charge on any atom is 0.240 e. The molecular formula is C18H30ClN3O3S. The van der Waals surface area contributed by atoms with E-state index in [-0.39, 0.29) is 47.6 Å². The molecule has 1 atom stereocenters. The van der Waals surface area contributed by atoms with Gasteiger partial charge in [-0.25, -0.2) is 13.1 Å². The van der Waals surface area contributed by atoms with Crippen LogP contribution in [0.5, 0.6) is 0 Å². The Morgan fingerprint density at radius 3 is 2.54 bits per heavy atom. The first-order chi connectivity index (χ1) is 11.5. The van der Waals surface area contributed by atoms with Gasteiger partial charge >= 0.3 is 0 Å². The number of nitrogens with zero attached hydrogens (tertiary/aromatic N) is 1. The summed E-state index contributed by atoms with van der Waals surface area (Å²) in [4.78, 5) is 14.4. The zero-order chi connectivity index (χ0) is 18.8. The van der Waals surface area contributed by atoms with Gasteiger partial charge in [-0.05, 0) is 48.9 Å². The lowest BCUT2D eigenvalue weighted by Gasteiger charge is -2.42. The van der Waals surface area contributed by atoms with Gasteiger partial charge in [0, 0.05) is 32.1 Å². The van der Waals surface area contributed by atoms with E-state index in [0.29, 0.717) is 13.1 Å². The van der Waals surface area contributed by atoms with E-state index in [4.69, 9.17) is 5.73 Å². The smallest absolute Gasteiger partial charge is 0.240 e. The fourth-order valence-corrected chi connectivity index (χ4v) is 4.12. The molecule has 0 saturated carbocycles. The first kappa shape index (κ1) is 22.9. The molecule has 1 saturated heterocycles. The highest BCUT2D eigenvalue weighted by Gasteiger charge is 2.35. The fourth-order valence-electron chi connectivity index (χ4n) is 3.00. The summed E-state index contributed by atoms with van der Waals surface area (Å²) in [6.45, 7) is 9.25. The number of hydrogen-bond donors (Lipinski definition) is 2. The third-order valence-electron chi connectivity index (χ3n) is 5.08. The second kappa shape index (κ2) is 8.69. The summed E-state index contributed by atoms with van der Waals surface area (Å²) in [5, 5.41) is 0. The number of benzene rings is 1. The minimum atomic E-state index is -3.60. The van der Waals surface area contributed by atoms with Crippen LogP contribution in [0.1, 0.15) is 37.8 Å². The van der Waals surface area contributed by atoms with E-state index in [1.165, 1.54) is 0 Å². The molecule has 0 bridgehead atoms. The normalized spacial score (nSPS) is 19.7. The van der Waals surface area contributed by atoms with Crippen LogP contribution in [-0.2, 0) is 14.8 Å². The first-order valence-corrected chi connectivity index (χ1v) is 10.1. The van der Waals surface area contributed by atoms with Crippen LogP contribution in [0.4, 0.5) is 0 Å². The number of amides is 1. The molecule has 0 aromatic heterocycles. The molecule has 1 heterocycles. The lowest BCUT2D eigenvalue weighted by Crippen LogP contribution is -2.54. The predicted octanol–water partition coefficient (Wildman–Crippen LogP) is 1.98. The minimum absolute atomic E-state index is 0. The number of sulfonamides is 1. The maximum absolute atomic E-state index is 12.4. The Bertz CT molecular complexity index is 750. The van der Waals surface area contributed by atoms with Gasteiger partial charge in [0.1, 0.15) is 0 Å². The van der Waals surface area contributed by atoms with Crippen LogP contribution in [0.3, 0.4) is 0 Å². The number of rotatable bonds is 5. The van der Waals surface area contributed by atoms with Gasteiger partial charge in [-0.15, -0.1) is 12.4 Å². The molecule has 3 N–H and O–H groups in total. The second-order valence-electron chi connectivity index (χ2n) is 7.59. The van der Waals surface area contributed by atoms with Crippen LogP contribution in [0, 0.1) is 19.3 Å². The van der Waals surface area contributed by atoms with Crippen molar-refractivity contribution in [1.29, 1.82) is 0 Å². The van der Waals surface area contributed by atoms with Crippen molar-refractivity contribution in [2.24, 2.45) is 11.1 Å². The van der Waals surface area contributed by atoms with Gasteiger partial charge in [0.15, 0.2) is 0 Å². The summed E-state index contributed by atoms with van der Waals surface area (Å²) in [6, 6.07) is 5.10. The fraction of sp³-hybridized carbons (Fsp3) is 0.611. The van der Waals surface area contributed by atoms with E-state index in [0.717, 1.165) is 17.5 Å². The number of likely N-dealkylation sites (tertiary alicyclic amines) is 1. The summed E-state index contributed by atoms with van der Waals surface area (Å²) < 4.78 is 27.2. The number of nitrogens with two attached hydrogens (primary N) is 1. The Balaban J connectivity index is 0.00000338. The number of piperidine rings is 1. The van der Waals surface area contributed by atoms with E-state index < -0.39 is 10.0 Å². The summed E-state index contributed by atoms with van der Waals surface area (Å²) >= 11 is 0. The SMILES string of the molecule is Cc1ccc(S(=O)(=O)NCCC(=O)N2CCC(N)C(C)(C)C2)cc1C.Cl. The molecule has 26 heavy (non-hydrogen) atoms. The molecule has 1 fully saturated rings. The molecule has 1 aromatic rings. The van der Waals surface area contributed by atoms with Crippen molar-refractivity contribution < 1.29 is 13.2 Å². The van der Waals surface area contributed by atoms with E-state index >= 15 is 0 Å². The van der Waals surface area contributed by atoms with Crippen molar-refractivity contribution in [2.75, 3.05) is 19.6 Å². The zero-order valence-electron chi connectivity index (χ0n) is 15.9. The molecule has 1 aromatic carbocycles. The summed E-state index contributed by atoms with van der Waals surface area (Å²) in [5.41, 5.74) is 7.94. The third kappa shape index (κ3) is 5.42. The van der Waals surface area contributed by atoms with Crippen molar-refractivity contribution in [1.82, 2.24) is 9.62 Å². The van der Waals surface area contributed by atoms with Gasteiger partial charge in [0.25, 0.3) is 0 Å². The number of carbonyl (C=O) groups excluding carboxylic acids is 1. The molecule has 0 radical (unpaired) electrons. The van der Waals surface area contributed by atoms with E-state index in [2.05, 4.69) is 18.6 Å². The minimum Gasteiger partial charge on any atom is -0.342 e. The molecule has 148 valence electrons. The van der Waals surface area contributed by atoms with Crippen molar-refractivity contribution in [3.8, 4) is 0 Å². The molecule has 1 aliphatic heterocycles. The second-order valence-corrected chi connectivity index (χ2v) is 9.36. The third-order valence-corrected chi connectivity index (χ3v) is 6.54. The quantitative estimate of drug-likeness (QED) is 0.786. The van der Waals surface area contributed by atoms with Crippen LogP contribution >= 0.6 is 12.4 Å².